The topological polar surface area (TPSA) is 50.2 Å². The Labute approximate surface area is 104 Å². The monoisotopic (exact) mass is 237 g/mol. The molecule has 0 saturated heterocycles. The average molecular weight is 237 g/mol. The Hall–Kier alpha value is -2.42. The summed E-state index contributed by atoms with van der Waals surface area (Å²) < 4.78 is 0. The van der Waals surface area contributed by atoms with E-state index in [1.54, 1.807) is 30.6 Å². The minimum absolute atomic E-state index is 0.0433. The van der Waals surface area contributed by atoms with Crippen molar-refractivity contribution < 1.29 is 9.90 Å². The quantitative estimate of drug-likeness (QED) is 0.775. The highest BCUT2D eigenvalue weighted by atomic mass is 16.3. The van der Waals surface area contributed by atoms with Gasteiger partial charge in [0.05, 0.1) is 0 Å². The fourth-order valence-corrected chi connectivity index (χ4v) is 2.18. The normalized spacial score (nSPS) is 16.0. The summed E-state index contributed by atoms with van der Waals surface area (Å²) in [5, 5.41) is 9.42. The maximum Gasteiger partial charge on any atom is 0.189 e. The van der Waals surface area contributed by atoms with Crippen molar-refractivity contribution in [1.29, 1.82) is 0 Å². The third-order valence-electron chi connectivity index (χ3n) is 3.05. The number of hydrogen-bond acceptors (Lipinski definition) is 3. The molecule has 1 aromatic heterocycles. The highest BCUT2D eigenvalue weighted by molar-refractivity contribution is 6.15. The number of allylic oxidation sites excluding steroid dienone is 1. The highest BCUT2D eigenvalue weighted by Gasteiger charge is 2.24. The van der Waals surface area contributed by atoms with E-state index in [2.05, 4.69) is 4.98 Å². The van der Waals surface area contributed by atoms with Crippen LogP contribution >= 0.6 is 0 Å². The molecule has 1 aromatic carbocycles. The number of pyridine rings is 1. The van der Waals surface area contributed by atoms with Gasteiger partial charge in [-0.25, -0.2) is 0 Å². The number of carbonyl (C=O) groups is 1. The smallest absolute Gasteiger partial charge is 0.189 e. The Balaban J connectivity index is 2.00. The first-order chi connectivity index (χ1) is 8.74. The summed E-state index contributed by atoms with van der Waals surface area (Å²) in [5.41, 5.74) is 3.29. The lowest BCUT2D eigenvalue weighted by Gasteiger charge is -1.95. The van der Waals surface area contributed by atoms with Gasteiger partial charge in [0.1, 0.15) is 5.75 Å². The number of aromatic nitrogens is 1. The van der Waals surface area contributed by atoms with Crippen LogP contribution in [0.15, 0.2) is 48.3 Å². The van der Waals surface area contributed by atoms with Gasteiger partial charge in [-0.05, 0) is 47.5 Å². The van der Waals surface area contributed by atoms with E-state index in [1.165, 1.54) is 0 Å². The van der Waals surface area contributed by atoms with E-state index in [1.807, 2.05) is 18.2 Å². The van der Waals surface area contributed by atoms with Gasteiger partial charge in [0.2, 0.25) is 0 Å². The third-order valence-corrected chi connectivity index (χ3v) is 3.05. The van der Waals surface area contributed by atoms with Gasteiger partial charge in [-0.2, -0.15) is 0 Å². The zero-order valence-electron chi connectivity index (χ0n) is 9.63. The lowest BCUT2D eigenvalue weighted by atomic mass is 10.1. The molecule has 0 atom stereocenters. The summed E-state index contributed by atoms with van der Waals surface area (Å²) in [6.45, 7) is 0. The summed E-state index contributed by atoms with van der Waals surface area (Å²) in [4.78, 5) is 16.1. The van der Waals surface area contributed by atoms with E-state index in [0.29, 0.717) is 12.0 Å². The molecule has 0 bridgehead atoms. The number of hydrogen-bond donors (Lipinski definition) is 1. The minimum atomic E-state index is 0.0433. The van der Waals surface area contributed by atoms with Crippen molar-refractivity contribution in [3.63, 3.8) is 0 Å². The van der Waals surface area contributed by atoms with Crippen LogP contribution in [0.3, 0.4) is 0 Å². The Morgan fingerprint density at radius 3 is 2.72 bits per heavy atom. The van der Waals surface area contributed by atoms with Crippen molar-refractivity contribution in [2.45, 2.75) is 6.42 Å². The van der Waals surface area contributed by atoms with Gasteiger partial charge in [0.25, 0.3) is 0 Å². The molecule has 3 heteroatoms. The molecular weight excluding hydrogens is 226 g/mol. The highest BCUT2D eigenvalue weighted by Crippen LogP contribution is 2.30. The maximum atomic E-state index is 12.1. The summed E-state index contributed by atoms with van der Waals surface area (Å²) in [6.07, 6.45) is 5.85. The molecule has 1 aliphatic carbocycles. The van der Waals surface area contributed by atoms with Crippen LogP contribution in [0.2, 0.25) is 0 Å². The van der Waals surface area contributed by atoms with Crippen molar-refractivity contribution in [1.82, 2.24) is 4.98 Å². The average Bonchev–Trinajstić information content (AvgIpc) is 2.67. The van der Waals surface area contributed by atoms with Gasteiger partial charge in [-0.1, -0.05) is 0 Å². The van der Waals surface area contributed by atoms with Crippen molar-refractivity contribution >= 4 is 11.9 Å². The number of rotatable bonds is 1. The fraction of sp³-hybridized carbons (Fsp3) is 0.0667. The zero-order valence-corrected chi connectivity index (χ0v) is 9.63. The number of phenolic OH excluding ortho intramolecular Hbond substituents is 1. The second-order valence-corrected chi connectivity index (χ2v) is 4.30. The molecule has 1 N–H and O–H groups in total. The van der Waals surface area contributed by atoms with Crippen LogP contribution in [0.5, 0.6) is 5.75 Å². The van der Waals surface area contributed by atoms with E-state index in [4.69, 9.17) is 0 Å². The molecule has 0 aliphatic heterocycles. The number of nitrogens with zero attached hydrogens (tertiary/aromatic N) is 1. The van der Waals surface area contributed by atoms with Crippen LogP contribution in [0.4, 0.5) is 0 Å². The molecule has 1 aliphatic rings. The number of benzene rings is 1. The number of phenols is 1. The van der Waals surface area contributed by atoms with E-state index < -0.39 is 0 Å². The Bertz CT molecular complexity index is 645. The SMILES string of the molecule is O=C1/C(=C/c2ccncc2)Cc2cc(O)ccc21. The van der Waals surface area contributed by atoms with Gasteiger partial charge in [0, 0.05) is 30.0 Å². The van der Waals surface area contributed by atoms with Gasteiger partial charge < -0.3 is 5.11 Å². The van der Waals surface area contributed by atoms with E-state index >= 15 is 0 Å². The Morgan fingerprint density at radius 2 is 1.94 bits per heavy atom. The minimum Gasteiger partial charge on any atom is -0.508 e. The molecule has 3 nitrogen and oxygen atoms in total. The lowest BCUT2D eigenvalue weighted by Crippen LogP contribution is -1.94. The van der Waals surface area contributed by atoms with Gasteiger partial charge in [0.15, 0.2) is 5.78 Å². The number of aromatic hydroxyl groups is 1. The predicted molar refractivity (Wildman–Crippen MR) is 68.4 cm³/mol. The summed E-state index contributed by atoms with van der Waals surface area (Å²) >= 11 is 0. The molecule has 0 radical (unpaired) electrons. The van der Waals surface area contributed by atoms with Crippen LogP contribution in [0.1, 0.15) is 21.5 Å². The van der Waals surface area contributed by atoms with Crippen LogP contribution in [-0.4, -0.2) is 15.9 Å². The first kappa shape index (κ1) is 10.7. The second kappa shape index (κ2) is 4.11. The first-order valence-corrected chi connectivity index (χ1v) is 5.71. The number of ketones is 1. The number of carbonyl (C=O) groups excluding carboxylic acids is 1. The van der Waals surface area contributed by atoms with Gasteiger partial charge in [-0.15, -0.1) is 0 Å². The van der Waals surface area contributed by atoms with Gasteiger partial charge in [-0.3, -0.25) is 9.78 Å². The molecule has 0 saturated carbocycles. The second-order valence-electron chi connectivity index (χ2n) is 4.30. The number of fused-ring (bicyclic) bond motifs is 1. The molecule has 2 aromatic rings. The van der Waals surface area contributed by atoms with Crippen molar-refractivity contribution in [3.05, 3.63) is 65.0 Å². The van der Waals surface area contributed by atoms with E-state index in [0.717, 1.165) is 16.7 Å². The molecule has 88 valence electrons. The molecule has 0 amide bonds. The van der Waals surface area contributed by atoms with Crippen LogP contribution in [-0.2, 0) is 6.42 Å². The third kappa shape index (κ3) is 1.80. The zero-order chi connectivity index (χ0) is 12.5. The van der Waals surface area contributed by atoms with Crippen LogP contribution in [0.25, 0.3) is 6.08 Å². The molecular formula is C15H11NO2. The predicted octanol–water partition coefficient (Wildman–Crippen LogP) is 2.61. The van der Waals surface area contributed by atoms with Gasteiger partial charge >= 0.3 is 0 Å². The largest absolute Gasteiger partial charge is 0.508 e. The lowest BCUT2D eigenvalue weighted by molar-refractivity contribution is 0.104. The van der Waals surface area contributed by atoms with Crippen LogP contribution < -0.4 is 0 Å². The van der Waals surface area contributed by atoms with E-state index in [9.17, 15) is 9.90 Å². The van der Waals surface area contributed by atoms with Crippen molar-refractivity contribution in [3.8, 4) is 5.75 Å². The molecule has 0 fully saturated rings. The van der Waals surface area contributed by atoms with Crippen molar-refractivity contribution in [2.24, 2.45) is 0 Å². The molecule has 0 spiro atoms. The summed E-state index contributed by atoms with van der Waals surface area (Å²) in [7, 11) is 0. The molecule has 1 heterocycles. The summed E-state index contributed by atoms with van der Waals surface area (Å²) in [5.74, 6) is 0.244. The van der Waals surface area contributed by atoms with Crippen LogP contribution in [0, 0.1) is 0 Å². The molecule has 18 heavy (non-hydrogen) atoms. The van der Waals surface area contributed by atoms with Crippen molar-refractivity contribution in [2.75, 3.05) is 0 Å². The Morgan fingerprint density at radius 1 is 1.17 bits per heavy atom. The fourth-order valence-electron chi connectivity index (χ4n) is 2.18. The Kier molecular flexibility index (Phi) is 2.45. The molecule has 0 unspecified atom stereocenters. The summed E-state index contributed by atoms with van der Waals surface area (Å²) in [6, 6.07) is 8.61. The van der Waals surface area contributed by atoms with E-state index in [-0.39, 0.29) is 11.5 Å². The standard InChI is InChI=1S/C15H11NO2/c17-13-1-2-14-11(9-13)8-12(15(14)18)7-10-3-5-16-6-4-10/h1-7,9,17H,8H2/b12-7+. The number of Topliss-reactive ketones (excluding diaryl/α,β-unsaturated/α-hetero) is 1. The molecule has 3 rings (SSSR count). The maximum absolute atomic E-state index is 12.1. The first-order valence-electron chi connectivity index (χ1n) is 5.71.